The van der Waals surface area contributed by atoms with Crippen LogP contribution in [0.15, 0.2) is 12.1 Å². The molecule has 0 aliphatic carbocycles. The Bertz CT molecular complexity index is 477. The number of amides is 1. The molecular weight excluding hydrogens is 294 g/mol. The summed E-state index contributed by atoms with van der Waals surface area (Å²) in [6.45, 7) is 2.49. The largest absolute Gasteiger partial charge is 0.493 e. The third kappa shape index (κ3) is 4.70. The van der Waals surface area contributed by atoms with Gasteiger partial charge in [0.1, 0.15) is 0 Å². The Hall–Kier alpha value is -1.62. The van der Waals surface area contributed by atoms with Gasteiger partial charge in [-0.3, -0.25) is 4.79 Å². The zero-order chi connectivity index (χ0) is 15.8. The molecule has 0 aliphatic rings. The molecule has 5 nitrogen and oxygen atoms in total. The Morgan fingerprint density at radius 3 is 2.38 bits per heavy atom. The van der Waals surface area contributed by atoms with Crippen LogP contribution >= 0.6 is 11.6 Å². The number of hydrogen-bond acceptors (Lipinski definition) is 4. The standard InChI is InChI=1S/C15H22ClNO4/c1-10(16)6-5-9-17-15(18)11-7-8-12(19-2)14(21-4)13(11)20-3/h7-8,10H,5-6,9H2,1-4H3,(H,17,18). The maximum Gasteiger partial charge on any atom is 0.255 e. The molecule has 0 spiro atoms. The van der Waals surface area contributed by atoms with Gasteiger partial charge in [0, 0.05) is 11.9 Å². The van der Waals surface area contributed by atoms with Gasteiger partial charge in [0.15, 0.2) is 11.5 Å². The molecule has 1 atom stereocenters. The van der Waals surface area contributed by atoms with E-state index < -0.39 is 0 Å². The van der Waals surface area contributed by atoms with Crippen LogP contribution in [0, 0.1) is 0 Å². The predicted molar refractivity (Wildman–Crippen MR) is 83.0 cm³/mol. The third-order valence-electron chi connectivity index (χ3n) is 3.01. The lowest BCUT2D eigenvalue weighted by molar-refractivity contribution is 0.0949. The minimum Gasteiger partial charge on any atom is -0.493 e. The molecule has 0 aliphatic heterocycles. The number of alkyl halides is 1. The lowest BCUT2D eigenvalue weighted by Gasteiger charge is -2.15. The molecule has 0 radical (unpaired) electrons. The Morgan fingerprint density at radius 1 is 1.19 bits per heavy atom. The van der Waals surface area contributed by atoms with E-state index in [4.69, 9.17) is 25.8 Å². The lowest BCUT2D eigenvalue weighted by Crippen LogP contribution is -2.25. The number of rotatable bonds is 8. The second-order valence-corrected chi connectivity index (χ2v) is 5.31. The van der Waals surface area contributed by atoms with Crippen molar-refractivity contribution in [1.82, 2.24) is 5.32 Å². The fraction of sp³-hybridized carbons (Fsp3) is 0.533. The van der Waals surface area contributed by atoms with Crippen LogP contribution in [0.3, 0.4) is 0 Å². The molecule has 1 aromatic carbocycles. The van der Waals surface area contributed by atoms with E-state index in [1.54, 1.807) is 12.1 Å². The molecule has 0 aromatic heterocycles. The van der Waals surface area contributed by atoms with E-state index in [1.807, 2.05) is 6.92 Å². The van der Waals surface area contributed by atoms with E-state index in [-0.39, 0.29) is 11.3 Å². The highest BCUT2D eigenvalue weighted by molar-refractivity contribution is 6.20. The maximum atomic E-state index is 12.2. The number of carbonyl (C=O) groups excluding carboxylic acids is 1. The Morgan fingerprint density at radius 2 is 1.86 bits per heavy atom. The van der Waals surface area contributed by atoms with Gasteiger partial charge in [-0.25, -0.2) is 0 Å². The Kier molecular flexibility index (Phi) is 7.15. The highest BCUT2D eigenvalue weighted by Gasteiger charge is 2.20. The van der Waals surface area contributed by atoms with Gasteiger partial charge in [-0.05, 0) is 31.9 Å². The summed E-state index contributed by atoms with van der Waals surface area (Å²) < 4.78 is 15.7. The smallest absolute Gasteiger partial charge is 0.255 e. The summed E-state index contributed by atoms with van der Waals surface area (Å²) in [7, 11) is 4.53. The minimum atomic E-state index is -0.213. The summed E-state index contributed by atoms with van der Waals surface area (Å²) in [5.74, 6) is 1.07. The number of halogens is 1. The first kappa shape index (κ1) is 17.4. The number of hydrogen-bond donors (Lipinski definition) is 1. The van der Waals surface area contributed by atoms with Crippen molar-refractivity contribution in [1.29, 1.82) is 0 Å². The van der Waals surface area contributed by atoms with Crippen LogP contribution in [0.1, 0.15) is 30.1 Å². The van der Waals surface area contributed by atoms with Crippen LogP contribution in [0.5, 0.6) is 17.2 Å². The lowest BCUT2D eigenvalue weighted by atomic mass is 10.1. The Balaban J connectivity index is 2.84. The number of carbonyl (C=O) groups is 1. The minimum absolute atomic E-state index is 0.109. The quantitative estimate of drug-likeness (QED) is 0.592. The molecule has 6 heteroatoms. The van der Waals surface area contributed by atoms with Gasteiger partial charge in [0.05, 0.1) is 26.9 Å². The Labute approximate surface area is 130 Å². The molecule has 1 unspecified atom stereocenters. The molecule has 0 bridgehead atoms. The maximum absolute atomic E-state index is 12.2. The third-order valence-corrected chi connectivity index (χ3v) is 3.23. The highest BCUT2D eigenvalue weighted by atomic mass is 35.5. The number of methoxy groups -OCH3 is 3. The van der Waals surface area contributed by atoms with E-state index in [9.17, 15) is 4.79 Å². The van der Waals surface area contributed by atoms with Crippen molar-refractivity contribution in [3.05, 3.63) is 17.7 Å². The van der Waals surface area contributed by atoms with Crippen molar-refractivity contribution in [2.45, 2.75) is 25.1 Å². The molecule has 0 fully saturated rings. The first-order chi connectivity index (χ1) is 10.0. The van der Waals surface area contributed by atoms with E-state index in [1.165, 1.54) is 21.3 Å². The summed E-state index contributed by atoms with van der Waals surface area (Å²) in [4.78, 5) is 12.2. The fourth-order valence-electron chi connectivity index (χ4n) is 1.96. The monoisotopic (exact) mass is 315 g/mol. The van der Waals surface area contributed by atoms with Crippen LogP contribution in [0.2, 0.25) is 0 Å². The SMILES string of the molecule is COc1ccc(C(=O)NCCCC(C)Cl)c(OC)c1OC. The van der Waals surface area contributed by atoms with Crippen LogP contribution in [0.25, 0.3) is 0 Å². The summed E-state index contributed by atoms with van der Waals surface area (Å²) in [5, 5.41) is 2.95. The average molecular weight is 316 g/mol. The number of benzene rings is 1. The van der Waals surface area contributed by atoms with E-state index >= 15 is 0 Å². The van der Waals surface area contributed by atoms with Crippen molar-refractivity contribution in [3.63, 3.8) is 0 Å². The molecular formula is C15H22ClNO4. The van der Waals surface area contributed by atoms with Crippen molar-refractivity contribution in [2.24, 2.45) is 0 Å². The topological polar surface area (TPSA) is 56.8 Å². The zero-order valence-corrected chi connectivity index (χ0v) is 13.6. The van der Waals surface area contributed by atoms with Gasteiger partial charge in [-0.2, -0.15) is 0 Å². The molecule has 118 valence electrons. The van der Waals surface area contributed by atoms with E-state index in [0.29, 0.717) is 29.4 Å². The van der Waals surface area contributed by atoms with Crippen LogP contribution < -0.4 is 19.5 Å². The highest BCUT2D eigenvalue weighted by Crippen LogP contribution is 2.39. The van der Waals surface area contributed by atoms with Gasteiger partial charge >= 0.3 is 0 Å². The van der Waals surface area contributed by atoms with Crippen LogP contribution in [-0.2, 0) is 0 Å². The molecule has 0 heterocycles. The predicted octanol–water partition coefficient (Wildman–Crippen LogP) is 2.85. The fourth-order valence-corrected chi connectivity index (χ4v) is 2.11. The van der Waals surface area contributed by atoms with Crippen molar-refractivity contribution in [3.8, 4) is 17.2 Å². The van der Waals surface area contributed by atoms with Crippen LogP contribution in [0.4, 0.5) is 0 Å². The molecule has 0 saturated carbocycles. The van der Waals surface area contributed by atoms with Crippen molar-refractivity contribution < 1.29 is 19.0 Å². The van der Waals surface area contributed by atoms with Gasteiger partial charge in [0.2, 0.25) is 5.75 Å². The van der Waals surface area contributed by atoms with Gasteiger partial charge in [-0.15, -0.1) is 11.6 Å². The first-order valence-electron chi connectivity index (χ1n) is 6.76. The van der Waals surface area contributed by atoms with Gasteiger partial charge in [0.25, 0.3) is 5.91 Å². The first-order valence-corrected chi connectivity index (χ1v) is 7.20. The van der Waals surface area contributed by atoms with Gasteiger partial charge in [-0.1, -0.05) is 0 Å². The van der Waals surface area contributed by atoms with Crippen LogP contribution in [-0.4, -0.2) is 39.2 Å². The van der Waals surface area contributed by atoms with Crippen molar-refractivity contribution in [2.75, 3.05) is 27.9 Å². The molecule has 0 saturated heterocycles. The molecule has 1 amide bonds. The van der Waals surface area contributed by atoms with Gasteiger partial charge < -0.3 is 19.5 Å². The summed E-state index contributed by atoms with van der Waals surface area (Å²) >= 11 is 5.87. The molecule has 1 N–H and O–H groups in total. The molecule has 21 heavy (non-hydrogen) atoms. The summed E-state index contributed by atoms with van der Waals surface area (Å²) in [6, 6.07) is 3.33. The average Bonchev–Trinajstić information content (AvgIpc) is 2.49. The second-order valence-electron chi connectivity index (χ2n) is 4.56. The summed E-state index contributed by atoms with van der Waals surface area (Å²) in [5.41, 5.74) is 0.411. The number of ether oxygens (including phenoxy) is 3. The zero-order valence-electron chi connectivity index (χ0n) is 12.9. The summed E-state index contributed by atoms with van der Waals surface area (Å²) in [6.07, 6.45) is 1.68. The molecule has 1 rings (SSSR count). The normalized spacial score (nSPS) is 11.7. The van der Waals surface area contributed by atoms with E-state index in [0.717, 1.165) is 12.8 Å². The van der Waals surface area contributed by atoms with Crippen molar-refractivity contribution >= 4 is 17.5 Å². The number of nitrogens with one attached hydrogen (secondary N) is 1. The molecule has 1 aromatic rings. The van der Waals surface area contributed by atoms with E-state index in [2.05, 4.69) is 5.32 Å². The second kappa shape index (κ2) is 8.62.